The fraction of sp³-hybridized carbons (Fsp3) is 0.294. The van der Waals surface area contributed by atoms with E-state index in [1.54, 1.807) is 0 Å². The summed E-state index contributed by atoms with van der Waals surface area (Å²) < 4.78 is 89.6. The van der Waals surface area contributed by atoms with E-state index >= 15 is 0 Å². The van der Waals surface area contributed by atoms with Crippen molar-refractivity contribution in [1.29, 1.82) is 0 Å². The van der Waals surface area contributed by atoms with Crippen LogP contribution in [-0.4, -0.2) is 57.8 Å². The third kappa shape index (κ3) is 4.22. The second-order valence-electron chi connectivity index (χ2n) is 6.53. The van der Waals surface area contributed by atoms with Crippen molar-refractivity contribution in [3.63, 3.8) is 0 Å². The zero-order valence-corrected chi connectivity index (χ0v) is 17.3. The molecule has 0 aromatic heterocycles. The number of anilines is 1. The average Bonchev–Trinajstić information content (AvgIpc) is 2.73. The zero-order valence-electron chi connectivity index (χ0n) is 15.7. The monoisotopic (exact) mass is 479 g/mol. The van der Waals surface area contributed by atoms with Gasteiger partial charge in [0.1, 0.15) is 0 Å². The van der Waals surface area contributed by atoms with E-state index in [-0.39, 0.29) is 31.9 Å². The summed E-state index contributed by atoms with van der Waals surface area (Å²) in [7, 11) is -9.84. The smallest absolute Gasteiger partial charge is 0.368 e. The van der Waals surface area contributed by atoms with Gasteiger partial charge in [0.25, 0.3) is 15.5 Å². The molecule has 0 saturated carbocycles. The first-order valence-corrected chi connectivity index (χ1v) is 11.7. The summed E-state index contributed by atoms with van der Waals surface area (Å²) in [5.74, 6) is 0. The second kappa shape index (κ2) is 8.09. The lowest BCUT2D eigenvalue weighted by molar-refractivity contribution is -0.387. The summed E-state index contributed by atoms with van der Waals surface area (Å²) >= 11 is 0. The summed E-state index contributed by atoms with van der Waals surface area (Å²) in [5.41, 5.74) is -6.27. The molecule has 0 bridgehead atoms. The van der Waals surface area contributed by atoms with E-state index in [2.05, 4.69) is 0 Å². The lowest BCUT2D eigenvalue weighted by atomic mass is 10.2. The van der Waals surface area contributed by atoms with Gasteiger partial charge in [0.2, 0.25) is 10.0 Å². The lowest BCUT2D eigenvalue weighted by Gasteiger charge is -2.36. The first kappa shape index (κ1) is 23.0. The van der Waals surface area contributed by atoms with Crippen molar-refractivity contribution < 1.29 is 34.9 Å². The highest BCUT2D eigenvalue weighted by Crippen LogP contribution is 2.36. The molecule has 1 fully saturated rings. The van der Waals surface area contributed by atoms with Gasteiger partial charge in [-0.25, -0.2) is 16.8 Å². The standard InChI is InChI=1S/C17H16F3N3O6S2/c18-17(19,20)30(26,27)15-7-3-1-5-13(15)21-9-11-22(12-10-21)31(28,29)16-8-4-2-6-14(16)23(24)25/h1-8H,9-12H2. The normalized spacial score (nSPS) is 16.3. The van der Waals surface area contributed by atoms with Gasteiger partial charge in [0.15, 0.2) is 4.90 Å². The largest absolute Gasteiger partial charge is 0.501 e. The van der Waals surface area contributed by atoms with Gasteiger partial charge in [0, 0.05) is 32.2 Å². The Hall–Kier alpha value is -2.71. The van der Waals surface area contributed by atoms with Crippen LogP contribution in [0.25, 0.3) is 0 Å². The van der Waals surface area contributed by atoms with E-state index in [9.17, 15) is 40.1 Å². The van der Waals surface area contributed by atoms with E-state index in [4.69, 9.17) is 0 Å². The van der Waals surface area contributed by atoms with Crippen molar-refractivity contribution in [2.24, 2.45) is 0 Å². The Morgan fingerprint density at radius 1 is 0.839 bits per heavy atom. The summed E-state index contributed by atoms with van der Waals surface area (Å²) in [5, 5.41) is 11.2. The van der Waals surface area contributed by atoms with Crippen LogP contribution in [-0.2, 0) is 19.9 Å². The molecule has 1 heterocycles. The molecule has 31 heavy (non-hydrogen) atoms. The Bertz CT molecular complexity index is 1210. The number of sulfone groups is 1. The highest BCUT2D eigenvalue weighted by atomic mass is 32.2. The number of nitrogens with zero attached hydrogens (tertiary/aromatic N) is 3. The number of nitro benzene ring substituents is 1. The number of hydrogen-bond acceptors (Lipinski definition) is 7. The van der Waals surface area contributed by atoms with E-state index in [1.165, 1.54) is 29.2 Å². The van der Waals surface area contributed by atoms with Gasteiger partial charge in [-0.3, -0.25) is 10.1 Å². The van der Waals surface area contributed by atoms with Crippen LogP contribution in [0.4, 0.5) is 24.5 Å². The van der Waals surface area contributed by atoms with Crippen molar-refractivity contribution in [3.8, 4) is 0 Å². The van der Waals surface area contributed by atoms with Gasteiger partial charge < -0.3 is 4.90 Å². The molecule has 1 aliphatic rings. The van der Waals surface area contributed by atoms with E-state index in [0.29, 0.717) is 0 Å². The topological polar surface area (TPSA) is 118 Å². The van der Waals surface area contributed by atoms with Gasteiger partial charge >= 0.3 is 5.51 Å². The highest BCUT2D eigenvalue weighted by Gasteiger charge is 2.48. The SMILES string of the molecule is O=[N+]([O-])c1ccccc1S(=O)(=O)N1CCN(c2ccccc2S(=O)(=O)C(F)(F)F)CC1. The predicted molar refractivity (Wildman–Crippen MR) is 104 cm³/mol. The van der Waals surface area contributed by atoms with Gasteiger partial charge in [0.05, 0.1) is 15.5 Å². The summed E-state index contributed by atoms with van der Waals surface area (Å²) in [4.78, 5) is 10.3. The molecule has 0 radical (unpaired) electrons. The number of nitro groups is 1. The maximum absolute atomic E-state index is 13.0. The molecule has 1 aliphatic heterocycles. The molecule has 0 aliphatic carbocycles. The maximum Gasteiger partial charge on any atom is 0.501 e. The molecule has 0 atom stereocenters. The maximum atomic E-state index is 13.0. The minimum absolute atomic E-state index is 0.107. The number of alkyl halides is 3. The van der Waals surface area contributed by atoms with Crippen molar-refractivity contribution >= 4 is 31.2 Å². The molecular formula is C17H16F3N3O6S2. The first-order chi connectivity index (χ1) is 14.4. The van der Waals surface area contributed by atoms with E-state index in [0.717, 1.165) is 28.6 Å². The third-order valence-corrected chi connectivity index (χ3v) is 8.20. The molecule has 0 unspecified atom stereocenters. The lowest BCUT2D eigenvalue weighted by Crippen LogP contribution is -2.49. The van der Waals surface area contributed by atoms with Gasteiger partial charge in [-0.15, -0.1) is 0 Å². The summed E-state index contributed by atoms with van der Waals surface area (Å²) in [6.07, 6.45) is 0. The average molecular weight is 479 g/mol. The molecule has 0 spiro atoms. The Labute approximate surface area is 175 Å². The molecule has 1 saturated heterocycles. The first-order valence-electron chi connectivity index (χ1n) is 8.76. The van der Waals surface area contributed by atoms with Gasteiger partial charge in [-0.05, 0) is 18.2 Å². The molecule has 0 N–H and O–H groups in total. The van der Waals surface area contributed by atoms with Gasteiger partial charge in [-0.1, -0.05) is 24.3 Å². The van der Waals surface area contributed by atoms with Crippen molar-refractivity contribution in [3.05, 3.63) is 58.6 Å². The molecular weight excluding hydrogens is 463 g/mol. The predicted octanol–water partition coefficient (Wildman–Crippen LogP) is 2.40. The molecule has 9 nitrogen and oxygen atoms in total. The minimum Gasteiger partial charge on any atom is -0.368 e. The van der Waals surface area contributed by atoms with Crippen LogP contribution in [0.5, 0.6) is 0 Å². The highest BCUT2D eigenvalue weighted by molar-refractivity contribution is 7.92. The molecule has 14 heteroatoms. The third-order valence-electron chi connectivity index (χ3n) is 4.72. The molecule has 3 rings (SSSR count). The minimum atomic E-state index is -5.60. The van der Waals surface area contributed by atoms with E-state index in [1.807, 2.05) is 0 Å². The number of rotatable bonds is 5. The summed E-state index contributed by atoms with van der Waals surface area (Å²) in [6, 6.07) is 9.42. The van der Waals surface area contributed by atoms with Crippen LogP contribution in [0, 0.1) is 10.1 Å². The number of sulfonamides is 1. The second-order valence-corrected chi connectivity index (χ2v) is 10.3. The van der Waals surface area contributed by atoms with Crippen molar-refractivity contribution in [2.45, 2.75) is 15.3 Å². The number of piperazine rings is 1. The Morgan fingerprint density at radius 3 is 1.90 bits per heavy atom. The Morgan fingerprint density at radius 2 is 1.35 bits per heavy atom. The van der Waals surface area contributed by atoms with Crippen molar-refractivity contribution in [1.82, 2.24) is 4.31 Å². The molecule has 2 aromatic carbocycles. The van der Waals surface area contributed by atoms with Crippen LogP contribution >= 0.6 is 0 Å². The number of halogens is 3. The van der Waals surface area contributed by atoms with Crippen LogP contribution in [0.2, 0.25) is 0 Å². The van der Waals surface area contributed by atoms with Crippen LogP contribution in [0.15, 0.2) is 58.3 Å². The van der Waals surface area contributed by atoms with Crippen LogP contribution < -0.4 is 4.90 Å². The number of hydrogen-bond donors (Lipinski definition) is 0. The van der Waals surface area contributed by atoms with Crippen LogP contribution in [0.3, 0.4) is 0 Å². The summed E-state index contributed by atoms with van der Waals surface area (Å²) in [6.45, 7) is -0.613. The van der Waals surface area contributed by atoms with Crippen molar-refractivity contribution in [2.75, 3.05) is 31.1 Å². The Balaban J connectivity index is 1.87. The molecule has 0 amide bonds. The van der Waals surface area contributed by atoms with Gasteiger partial charge in [-0.2, -0.15) is 17.5 Å². The quantitative estimate of drug-likeness (QED) is 0.477. The number of benzene rings is 2. The van der Waals surface area contributed by atoms with E-state index < -0.39 is 45.8 Å². The fourth-order valence-corrected chi connectivity index (χ4v) is 5.76. The zero-order chi connectivity index (χ0) is 23.0. The van der Waals surface area contributed by atoms with Crippen LogP contribution in [0.1, 0.15) is 0 Å². The fourth-order valence-electron chi connectivity index (χ4n) is 3.20. The number of para-hydroxylation sites is 2. The molecule has 2 aromatic rings. The Kier molecular flexibility index (Phi) is 5.99. The molecule has 168 valence electrons.